The van der Waals surface area contributed by atoms with E-state index < -0.39 is 12.2 Å². The quantitative estimate of drug-likeness (QED) is 0.703. The molecular weight excluding hydrogens is 340 g/mol. The number of rotatable bonds is 7. The lowest BCUT2D eigenvalue weighted by Gasteiger charge is -2.21. The number of aliphatic hydroxyl groups excluding tert-OH is 1. The molecule has 1 saturated heterocycles. The van der Waals surface area contributed by atoms with Crippen LogP contribution >= 0.6 is 0 Å². The van der Waals surface area contributed by atoms with Crippen molar-refractivity contribution in [3.05, 3.63) is 65.7 Å². The zero-order valence-corrected chi connectivity index (χ0v) is 15.9. The molecular formula is C22H28N2O3. The van der Waals surface area contributed by atoms with Gasteiger partial charge in [0.1, 0.15) is 5.75 Å². The van der Waals surface area contributed by atoms with Crippen LogP contribution in [0.4, 0.5) is 0 Å². The monoisotopic (exact) mass is 368 g/mol. The second-order valence-corrected chi connectivity index (χ2v) is 7.37. The number of aliphatic hydroxyl groups is 1. The summed E-state index contributed by atoms with van der Waals surface area (Å²) in [6.07, 6.45) is -1.16. The number of benzene rings is 2. The van der Waals surface area contributed by atoms with Crippen LogP contribution in [0.15, 0.2) is 54.6 Å². The van der Waals surface area contributed by atoms with Crippen LogP contribution in [0.25, 0.3) is 0 Å². The molecule has 27 heavy (non-hydrogen) atoms. The summed E-state index contributed by atoms with van der Waals surface area (Å²) < 4.78 is 6.11. The molecule has 2 aromatic rings. The van der Waals surface area contributed by atoms with Gasteiger partial charge in [0, 0.05) is 31.1 Å². The van der Waals surface area contributed by atoms with Crippen molar-refractivity contribution in [2.75, 3.05) is 19.6 Å². The highest BCUT2D eigenvalue weighted by molar-refractivity contribution is 5.82. The summed E-state index contributed by atoms with van der Waals surface area (Å²) in [4.78, 5) is 12.9. The van der Waals surface area contributed by atoms with Crippen LogP contribution in [-0.2, 0) is 4.79 Å². The van der Waals surface area contributed by atoms with E-state index in [0.29, 0.717) is 31.3 Å². The van der Waals surface area contributed by atoms with Gasteiger partial charge in [0.15, 0.2) is 0 Å². The SMILES string of the molecule is CC(C)c1cccc(OC(C(=O)NCC2CNCC2O)c2ccccc2)c1. The zero-order chi connectivity index (χ0) is 19.2. The van der Waals surface area contributed by atoms with Crippen LogP contribution < -0.4 is 15.4 Å². The molecule has 0 radical (unpaired) electrons. The van der Waals surface area contributed by atoms with E-state index in [-0.39, 0.29) is 11.8 Å². The maximum absolute atomic E-state index is 12.9. The van der Waals surface area contributed by atoms with Crippen molar-refractivity contribution in [2.45, 2.75) is 32.0 Å². The molecule has 144 valence electrons. The molecule has 3 atom stereocenters. The third-order valence-electron chi connectivity index (χ3n) is 4.96. The number of nitrogens with one attached hydrogen (secondary N) is 2. The lowest BCUT2D eigenvalue weighted by atomic mass is 10.0. The van der Waals surface area contributed by atoms with Gasteiger partial charge < -0.3 is 20.5 Å². The minimum Gasteiger partial charge on any atom is -0.476 e. The number of β-amino-alcohol motifs (C(OH)–C–C–N with tert-alkyl or cyclic N) is 1. The minimum atomic E-state index is -0.736. The molecule has 0 saturated carbocycles. The van der Waals surface area contributed by atoms with Crippen molar-refractivity contribution in [1.29, 1.82) is 0 Å². The Labute approximate surface area is 160 Å². The molecule has 1 heterocycles. The van der Waals surface area contributed by atoms with Crippen LogP contribution in [0, 0.1) is 5.92 Å². The fourth-order valence-electron chi connectivity index (χ4n) is 3.24. The smallest absolute Gasteiger partial charge is 0.265 e. The highest BCUT2D eigenvalue weighted by Gasteiger charge is 2.28. The average molecular weight is 368 g/mol. The van der Waals surface area contributed by atoms with Crippen molar-refractivity contribution < 1.29 is 14.6 Å². The second-order valence-electron chi connectivity index (χ2n) is 7.37. The van der Waals surface area contributed by atoms with Gasteiger partial charge in [-0.3, -0.25) is 4.79 Å². The van der Waals surface area contributed by atoms with E-state index in [4.69, 9.17) is 4.74 Å². The lowest BCUT2D eigenvalue weighted by molar-refractivity contribution is -0.128. The predicted molar refractivity (Wildman–Crippen MR) is 106 cm³/mol. The van der Waals surface area contributed by atoms with E-state index in [0.717, 1.165) is 5.56 Å². The zero-order valence-electron chi connectivity index (χ0n) is 15.9. The third kappa shape index (κ3) is 5.08. The van der Waals surface area contributed by atoms with Gasteiger partial charge in [0.25, 0.3) is 5.91 Å². The Kier molecular flexibility index (Phi) is 6.48. The Hall–Kier alpha value is -2.37. The molecule has 1 amide bonds. The van der Waals surface area contributed by atoms with Gasteiger partial charge in [-0.15, -0.1) is 0 Å². The first-order valence-corrected chi connectivity index (χ1v) is 9.52. The summed E-state index contributed by atoms with van der Waals surface area (Å²) in [7, 11) is 0. The number of hydrogen-bond acceptors (Lipinski definition) is 4. The van der Waals surface area contributed by atoms with Crippen molar-refractivity contribution in [3.63, 3.8) is 0 Å². The van der Waals surface area contributed by atoms with Crippen molar-refractivity contribution in [2.24, 2.45) is 5.92 Å². The van der Waals surface area contributed by atoms with E-state index in [1.54, 1.807) is 0 Å². The number of amides is 1. The maximum atomic E-state index is 12.9. The van der Waals surface area contributed by atoms with Crippen LogP contribution in [0.5, 0.6) is 5.75 Å². The highest BCUT2D eigenvalue weighted by atomic mass is 16.5. The summed E-state index contributed by atoms with van der Waals surface area (Å²) >= 11 is 0. The van der Waals surface area contributed by atoms with Crippen LogP contribution in [-0.4, -0.2) is 36.8 Å². The minimum absolute atomic E-state index is 0.0228. The number of carbonyl (C=O) groups excluding carboxylic acids is 1. The van der Waals surface area contributed by atoms with E-state index in [1.165, 1.54) is 5.56 Å². The molecule has 1 fully saturated rings. The Balaban J connectivity index is 1.75. The molecule has 1 aliphatic heterocycles. The van der Waals surface area contributed by atoms with E-state index in [2.05, 4.69) is 30.5 Å². The molecule has 0 spiro atoms. The Morgan fingerprint density at radius 3 is 2.56 bits per heavy atom. The second kappa shape index (κ2) is 9.02. The molecule has 0 aromatic heterocycles. The Bertz CT molecular complexity index is 748. The van der Waals surface area contributed by atoms with Crippen molar-refractivity contribution in [1.82, 2.24) is 10.6 Å². The summed E-state index contributed by atoms with van der Waals surface area (Å²) in [5, 5.41) is 16.0. The van der Waals surface area contributed by atoms with Gasteiger partial charge in [-0.05, 0) is 23.6 Å². The number of hydrogen-bond donors (Lipinski definition) is 3. The first-order valence-electron chi connectivity index (χ1n) is 9.52. The van der Waals surface area contributed by atoms with Crippen molar-refractivity contribution >= 4 is 5.91 Å². The molecule has 5 heteroatoms. The third-order valence-corrected chi connectivity index (χ3v) is 4.96. The molecule has 3 rings (SSSR count). The lowest BCUT2D eigenvalue weighted by Crippen LogP contribution is -2.38. The van der Waals surface area contributed by atoms with Gasteiger partial charge >= 0.3 is 0 Å². The molecule has 3 unspecified atom stereocenters. The summed E-state index contributed by atoms with van der Waals surface area (Å²) in [5.41, 5.74) is 1.97. The average Bonchev–Trinajstić information content (AvgIpc) is 3.10. The first-order chi connectivity index (χ1) is 13.0. The number of carbonyl (C=O) groups is 1. The van der Waals surface area contributed by atoms with Gasteiger partial charge in [-0.1, -0.05) is 56.3 Å². The normalized spacial score (nSPS) is 20.4. The Morgan fingerprint density at radius 2 is 1.89 bits per heavy atom. The number of ether oxygens (including phenoxy) is 1. The van der Waals surface area contributed by atoms with E-state index in [1.807, 2.05) is 48.5 Å². The van der Waals surface area contributed by atoms with Gasteiger partial charge in [-0.2, -0.15) is 0 Å². The summed E-state index contributed by atoms with van der Waals surface area (Å²) in [6.45, 7) is 5.95. The standard InChI is InChI=1S/C22H28N2O3/c1-15(2)17-9-6-10-19(11-17)27-21(16-7-4-3-5-8-16)22(26)24-13-18-12-23-14-20(18)25/h3-11,15,18,20-21,23,25H,12-14H2,1-2H3,(H,24,26). The van der Waals surface area contributed by atoms with Gasteiger partial charge in [0.2, 0.25) is 6.10 Å². The fraction of sp³-hybridized carbons (Fsp3) is 0.409. The summed E-state index contributed by atoms with van der Waals surface area (Å²) in [6, 6.07) is 17.4. The largest absolute Gasteiger partial charge is 0.476 e. The van der Waals surface area contributed by atoms with E-state index >= 15 is 0 Å². The highest BCUT2D eigenvalue weighted by Crippen LogP contribution is 2.26. The first kappa shape index (κ1) is 19.4. The van der Waals surface area contributed by atoms with E-state index in [9.17, 15) is 9.90 Å². The van der Waals surface area contributed by atoms with Crippen LogP contribution in [0.1, 0.15) is 37.0 Å². The molecule has 0 aliphatic carbocycles. The van der Waals surface area contributed by atoms with Crippen molar-refractivity contribution in [3.8, 4) is 5.75 Å². The summed E-state index contributed by atoms with van der Waals surface area (Å²) in [5.74, 6) is 0.881. The molecule has 0 bridgehead atoms. The topological polar surface area (TPSA) is 70.6 Å². The molecule has 3 N–H and O–H groups in total. The maximum Gasteiger partial charge on any atom is 0.265 e. The van der Waals surface area contributed by atoms with Gasteiger partial charge in [0.05, 0.1) is 6.10 Å². The molecule has 5 nitrogen and oxygen atoms in total. The predicted octanol–water partition coefficient (Wildman–Crippen LogP) is 2.63. The fourth-order valence-corrected chi connectivity index (χ4v) is 3.24. The Morgan fingerprint density at radius 1 is 1.15 bits per heavy atom. The molecule has 2 aromatic carbocycles. The van der Waals surface area contributed by atoms with Crippen LogP contribution in [0.3, 0.4) is 0 Å². The molecule has 1 aliphatic rings. The van der Waals surface area contributed by atoms with Gasteiger partial charge in [-0.25, -0.2) is 0 Å². The van der Waals surface area contributed by atoms with Crippen LogP contribution in [0.2, 0.25) is 0 Å².